The molecule has 5 nitrogen and oxygen atoms in total. The molecule has 1 aromatic rings. The standard InChI is InChI=1S/C19H28N2O3S/c1-2-3-4-5-8-17(22)20-11-9-19(10-12-20)21(13-15-25-19)18(23)16-7-6-14-24-16/h6-7,14H,2-5,8-13,15H2,1H3. The lowest BCUT2D eigenvalue weighted by atomic mass is 10.0. The third-order valence-corrected chi connectivity index (χ3v) is 6.85. The van der Waals surface area contributed by atoms with Crippen molar-refractivity contribution in [3.8, 4) is 0 Å². The lowest BCUT2D eigenvalue weighted by Gasteiger charge is -2.43. The Bertz CT molecular complexity index is 579. The number of nitrogens with zero attached hydrogens (tertiary/aromatic N) is 2. The number of amides is 2. The summed E-state index contributed by atoms with van der Waals surface area (Å²) in [6.07, 6.45) is 8.44. The Morgan fingerprint density at radius 3 is 2.68 bits per heavy atom. The van der Waals surface area contributed by atoms with Gasteiger partial charge in [0.05, 0.1) is 11.1 Å². The predicted molar refractivity (Wildman–Crippen MR) is 99.5 cm³/mol. The smallest absolute Gasteiger partial charge is 0.290 e. The molecular formula is C19H28N2O3S. The van der Waals surface area contributed by atoms with E-state index in [0.29, 0.717) is 12.2 Å². The largest absolute Gasteiger partial charge is 0.459 e. The molecule has 2 aliphatic heterocycles. The normalized spacial score (nSPS) is 19.6. The maximum atomic E-state index is 12.7. The Kier molecular flexibility index (Phi) is 6.10. The molecular weight excluding hydrogens is 336 g/mol. The summed E-state index contributed by atoms with van der Waals surface area (Å²) >= 11 is 1.86. The third kappa shape index (κ3) is 4.05. The molecule has 2 fully saturated rings. The van der Waals surface area contributed by atoms with E-state index >= 15 is 0 Å². The van der Waals surface area contributed by atoms with Crippen molar-refractivity contribution >= 4 is 23.6 Å². The van der Waals surface area contributed by atoms with E-state index in [-0.39, 0.29) is 16.7 Å². The third-order valence-electron chi connectivity index (χ3n) is 5.30. The van der Waals surface area contributed by atoms with Gasteiger partial charge in [0.25, 0.3) is 5.91 Å². The van der Waals surface area contributed by atoms with Gasteiger partial charge in [0.1, 0.15) is 0 Å². The van der Waals surface area contributed by atoms with Crippen LogP contribution in [0.1, 0.15) is 62.4 Å². The van der Waals surface area contributed by atoms with E-state index in [4.69, 9.17) is 4.42 Å². The van der Waals surface area contributed by atoms with E-state index in [1.807, 2.05) is 21.6 Å². The molecule has 0 N–H and O–H groups in total. The Labute approximate surface area is 154 Å². The molecule has 6 heteroatoms. The first kappa shape index (κ1) is 18.4. The molecule has 0 atom stereocenters. The number of furan rings is 1. The molecule has 1 spiro atoms. The van der Waals surface area contributed by atoms with Gasteiger partial charge in [0, 0.05) is 31.8 Å². The summed E-state index contributed by atoms with van der Waals surface area (Å²) in [6, 6.07) is 3.48. The van der Waals surface area contributed by atoms with Gasteiger partial charge in [-0.25, -0.2) is 0 Å². The van der Waals surface area contributed by atoms with Crippen molar-refractivity contribution in [3.63, 3.8) is 0 Å². The van der Waals surface area contributed by atoms with E-state index in [1.54, 1.807) is 18.4 Å². The van der Waals surface area contributed by atoms with Crippen LogP contribution in [0.15, 0.2) is 22.8 Å². The Morgan fingerprint density at radius 2 is 2.00 bits per heavy atom. The molecule has 3 rings (SSSR count). The van der Waals surface area contributed by atoms with Gasteiger partial charge in [-0.1, -0.05) is 26.2 Å². The first-order valence-corrected chi connectivity index (χ1v) is 10.4. The number of hydrogen-bond donors (Lipinski definition) is 0. The molecule has 0 bridgehead atoms. The molecule has 0 aromatic carbocycles. The molecule has 1 aromatic heterocycles. The van der Waals surface area contributed by atoms with Crippen molar-refractivity contribution in [2.24, 2.45) is 0 Å². The van der Waals surface area contributed by atoms with Crippen LogP contribution in [0, 0.1) is 0 Å². The highest BCUT2D eigenvalue weighted by Gasteiger charge is 2.47. The van der Waals surface area contributed by atoms with Gasteiger partial charge in [-0.2, -0.15) is 0 Å². The highest BCUT2D eigenvalue weighted by molar-refractivity contribution is 8.00. The van der Waals surface area contributed by atoms with Gasteiger partial charge < -0.3 is 14.2 Å². The fourth-order valence-corrected chi connectivity index (χ4v) is 5.26. The zero-order valence-corrected chi connectivity index (χ0v) is 15.9. The maximum absolute atomic E-state index is 12.7. The molecule has 138 valence electrons. The van der Waals surface area contributed by atoms with Gasteiger partial charge in [0.2, 0.25) is 5.91 Å². The van der Waals surface area contributed by atoms with Crippen LogP contribution in [0.5, 0.6) is 0 Å². The minimum Gasteiger partial charge on any atom is -0.459 e. The zero-order chi connectivity index (χ0) is 17.7. The summed E-state index contributed by atoms with van der Waals surface area (Å²) in [6.45, 7) is 4.44. The minimum atomic E-state index is -0.164. The number of thioether (sulfide) groups is 1. The zero-order valence-electron chi connectivity index (χ0n) is 15.0. The van der Waals surface area contributed by atoms with Crippen molar-refractivity contribution < 1.29 is 14.0 Å². The second-order valence-corrected chi connectivity index (χ2v) is 8.38. The molecule has 2 aliphatic rings. The first-order valence-electron chi connectivity index (χ1n) is 9.43. The van der Waals surface area contributed by atoms with Crippen LogP contribution in [0.2, 0.25) is 0 Å². The van der Waals surface area contributed by atoms with Crippen molar-refractivity contribution in [3.05, 3.63) is 24.2 Å². The lowest BCUT2D eigenvalue weighted by Crippen LogP contribution is -2.53. The van der Waals surface area contributed by atoms with Crippen LogP contribution in [0.4, 0.5) is 0 Å². The van der Waals surface area contributed by atoms with Gasteiger partial charge >= 0.3 is 0 Å². The lowest BCUT2D eigenvalue weighted by molar-refractivity contribution is -0.132. The Hall–Kier alpha value is -1.43. The van der Waals surface area contributed by atoms with Gasteiger partial charge in [-0.05, 0) is 31.4 Å². The van der Waals surface area contributed by atoms with Crippen LogP contribution in [-0.4, -0.2) is 51.9 Å². The predicted octanol–water partition coefficient (Wildman–Crippen LogP) is 3.76. The average molecular weight is 365 g/mol. The number of rotatable bonds is 6. The SMILES string of the molecule is CCCCCCC(=O)N1CCC2(CC1)SCCN2C(=O)c1ccco1. The van der Waals surface area contributed by atoms with Crippen LogP contribution < -0.4 is 0 Å². The minimum absolute atomic E-state index is 0.0191. The molecule has 2 saturated heterocycles. The van der Waals surface area contributed by atoms with Crippen molar-refractivity contribution in [1.82, 2.24) is 9.80 Å². The summed E-state index contributed by atoms with van der Waals surface area (Å²) in [4.78, 5) is 28.9. The van der Waals surface area contributed by atoms with E-state index in [0.717, 1.165) is 51.1 Å². The second-order valence-electron chi connectivity index (χ2n) is 6.92. The summed E-state index contributed by atoms with van der Waals surface area (Å²) in [7, 11) is 0. The molecule has 2 amide bonds. The van der Waals surface area contributed by atoms with Crippen LogP contribution in [0.25, 0.3) is 0 Å². The quantitative estimate of drug-likeness (QED) is 0.721. The van der Waals surface area contributed by atoms with Gasteiger partial charge in [0.15, 0.2) is 5.76 Å². The van der Waals surface area contributed by atoms with Gasteiger partial charge in [-0.3, -0.25) is 9.59 Å². The highest BCUT2D eigenvalue weighted by atomic mass is 32.2. The number of hydrogen-bond acceptors (Lipinski definition) is 4. The fourth-order valence-electron chi connectivity index (χ4n) is 3.81. The Morgan fingerprint density at radius 1 is 1.20 bits per heavy atom. The van der Waals surface area contributed by atoms with Crippen molar-refractivity contribution in [2.45, 2.75) is 56.7 Å². The maximum Gasteiger partial charge on any atom is 0.290 e. The number of likely N-dealkylation sites (tertiary alicyclic amines) is 1. The average Bonchev–Trinajstić information content (AvgIpc) is 3.29. The van der Waals surface area contributed by atoms with E-state index in [1.165, 1.54) is 12.8 Å². The molecule has 0 saturated carbocycles. The number of unbranched alkanes of at least 4 members (excludes halogenated alkanes) is 3. The number of piperidine rings is 1. The monoisotopic (exact) mass is 364 g/mol. The second kappa shape index (κ2) is 8.30. The van der Waals surface area contributed by atoms with Crippen LogP contribution in [0.3, 0.4) is 0 Å². The summed E-state index contributed by atoms with van der Waals surface area (Å²) in [5.41, 5.74) is 0. The van der Waals surface area contributed by atoms with Crippen molar-refractivity contribution in [2.75, 3.05) is 25.4 Å². The summed E-state index contributed by atoms with van der Waals surface area (Å²) in [5.74, 6) is 1.63. The Balaban J connectivity index is 1.55. The first-order chi connectivity index (χ1) is 12.2. The summed E-state index contributed by atoms with van der Waals surface area (Å²) < 4.78 is 5.30. The van der Waals surface area contributed by atoms with E-state index in [2.05, 4.69) is 6.92 Å². The topological polar surface area (TPSA) is 53.8 Å². The highest BCUT2D eigenvalue weighted by Crippen LogP contribution is 2.44. The van der Waals surface area contributed by atoms with E-state index < -0.39 is 0 Å². The van der Waals surface area contributed by atoms with Crippen LogP contribution >= 0.6 is 11.8 Å². The number of carbonyl (C=O) groups is 2. The summed E-state index contributed by atoms with van der Waals surface area (Å²) in [5, 5.41) is 0. The number of carbonyl (C=O) groups excluding carboxylic acids is 2. The fraction of sp³-hybridized carbons (Fsp3) is 0.684. The molecule has 0 unspecified atom stereocenters. The van der Waals surface area contributed by atoms with Crippen LogP contribution in [-0.2, 0) is 4.79 Å². The molecule has 25 heavy (non-hydrogen) atoms. The molecule has 3 heterocycles. The molecule has 0 radical (unpaired) electrons. The molecule has 0 aliphatic carbocycles. The van der Waals surface area contributed by atoms with Crippen molar-refractivity contribution in [1.29, 1.82) is 0 Å². The van der Waals surface area contributed by atoms with E-state index in [9.17, 15) is 9.59 Å². The van der Waals surface area contributed by atoms with Gasteiger partial charge in [-0.15, -0.1) is 11.8 Å².